The van der Waals surface area contributed by atoms with E-state index in [0.717, 1.165) is 5.56 Å². The Morgan fingerprint density at radius 1 is 1.35 bits per heavy atom. The van der Waals surface area contributed by atoms with Gasteiger partial charge in [0, 0.05) is 18.0 Å². The Hall–Kier alpha value is -2.43. The highest BCUT2D eigenvalue weighted by Gasteiger charge is 2.02. The molecule has 5 heteroatoms. The van der Waals surface area contributed by atoms with Crippen molar-refractivity contribution in [2.24, 2.45) is 5.73 Å². The van der Waals surface area contributed by atoms with Crippen LogP contribution in [0, 0.1) is 0 Å². The Kier molecular flexibility index (Phi) is 3.00. The molecule has 5 nitrogen and oxygen atoms in total. The van der Waals surface area contributed by atoms with Crippen LogP contribution < -0.4 is 11.4 Å². The van der Waals surface area contributed by atoms with Crippen LogP contribution in [0.15, 0.2) is 47.5 Å². The van der Waals surface area contributed by atoms with E-state index in [4.69, 9.17) is 5.73 Å². The predicted molar refractivity (Wildman–Crippen MR) is 62.6 cm³/mol. The van der Waals surface area contributed by atoms with Crippen LogP contribution in [0.4, 0.5) is 0 Å². The Labute approximate surface area is 97.5 Å². The molecule has 0 unspecified atom stereocenters. The zero-order valence-corrected chi connectivity index (χ0v) is 9.04. The van der Waals surface area contributed by atoms with Crippen molar-refractivity contribution in [2.75, 3.05) is 0 Å². The Morgan fingerprint density at radius 2 is 2.18 bits per heavy atom. The van der Waals surface area contributed by atoms with E-state index in [9.17, 15) is 9.59 Å². The van der Waals surface area contributed by atoms with Crippen LogP contribution in [-0.2, 0) is 6.54 Å². The highest BCUT2D eigenvalue weighted by atomic mass is 16.1. The molecule has 1 amide bonds. The van der Waals surface area contributed by atoms with Gasteiger partial charge in [0.25, 0.3) is 0 Å². The first kappa shape index (κ1) is 11.1. The van der Waals surface area contributed by atoms with Gasteiger partial charge in [-0.3, -0.25) is 9.36 Å². The van der Waals surface area contributed by atoms with Crippen molar-refractivity contribution in [3.63, 3.8) is 0 Å². The summed E-state index contributed by atoms with van der Waals surface area (Å²) < 4.78 is 1.46. The Balaban J connectivity index is 2.31. The molecule has 0 bridgehead atoms. The molecule has 0 spiro atoms. The van der Waals surface area contributed by atoms with Crippen LogP contribution in [0.25, 0.3) is 0 Å². The smallest absolute Gasteiger partial charge is 0.347 e. The van der Waals surface area contributed by atoms with Crippen LogP contribution >= 0.6 is 0 Å². The first-order chi connectivity index (χ1) is 8.16. The van der Waals surface area contributed by atoms with E-state index in [-0.39, 0.29) is 5.69 Å². The van der Waals surface area contributed by atoms with Gasteiger partial charge in [-0.25, -0.2) is 9.78 Å². The highest BCUT2D eigenvalue weighted by molar-refractivity contribution is 5.92. The van der Waals surface area contributed by atoms with Gasteiger partial charge >= 0.3 is 5.69 Å². The minimum atomic E-state index is -0.481. The lowest BCUT2D eigenvalue weighted by molar-refractivity contribution is 0.1000. The number of benzene rings is 1. The minimum absolute atomic E-state index is 0.322. The number of nitrogens with two attached hydrogens (primary N) is 1. The standard InChI is InChI=1S/C12H11N3O2/c13-11(16)10-4-1-3-9(7-10)8-15-6-2-5-14-12(15)17/h1-7H,8H2,(H2,13,16). The molecule has 0 aliphatic carbocycles. The molecule has 0 aliphatic rings. The topological polar surface area (TPSA) is 78.0 Å². The summed E-state index contributed by atoms with van der Waals surface area (Å²) in [6.07, 6.45) is 3.09. The number of hydrogen-bond acceptors (Lipinski definition) is 3. The van der Waals surface area contributed by atoms with Crippen LogP contribution in [0.1, 0.15) is 15.9 Å². The summed E-state index contributed by atoms with van der Waals surface area (Å²) in [5, 5.41) is 0. The number of amides is 1. The molecule has 1 heterocycles. The van der Waals surface area contributed by atoms with Crippen molar-refractivity contribution in [1.82, 2.24) is 9.55 Å². The fraction of sp³-hybridized carbons (Fsp3) is 0.0833. The van der Waals surface area contributed by atoms with E-state index in [1.54, 1.807) is 30.5 Å². The number of carbonyl (C=O) groups excluding carboxylic acids is 1. The van der Waals surface area contributed by atoms with Crippen molar-refractivity contribution < 1.29 is 4.79 Å². The van der Waals surface area contributed by atoms with Crippen molar-refractivity contribution in [1.29, 1.82) is 0 Å². The first-order valence-corrected chi connectivity index (χ1v) is 5.07. The average Bonchev–Trinajstić information content (AvgIpc) is 2.32. The normalized spacial score (nSPS) is 10.1. The fourth-order valence-electron chi connectivity index (χ4n) is 1.53. The third-order valence-corrected chi connectivity index (χ3v) is 2.35. The summed E-state index contributed by atoms with van der Waals surface area (Å²) in [6, 6.07) is 8.54. The van der Waals surface area contributed by atoms with Crippen molar-refractivity contribution in [3.05, 3.63) is 64.3 Å². The van der Waals surface area contributed by atoms with Crippen LogP contribution in [0.2, 0.25) is 0 Å². The van der Waals surface area contributed by atoms with E-state index < -0.39 is 5.91 Å². The van der Waals surface area contributed by atoms with Gasteiger partial charge in [-0.2, -0.15) is 0 Å². The molecule has 1 aromatic heterocycles. The molecule has 2 N–H and O–H groups in total. The molecule has 2 aromatic rings. The van der Waals surface area contributed by atoms with Gasteiger partial charge in [0.2, 0.25) is 5.91 Å². The van der Waals surface area contributed by atoms with Crippen LogP contribution in [0.3, 0.4) is 0 Å². The Morgan fingerprint density at radius 3 is 2.88 bits per heavy atom. The third-order valence-electron chi connectivity index (χ3n) is 2.35. The number of carbonyl (C=O) groups is 1. The van der Waals surface area contributed by atoms with Crippen molar-refractivity contribution >= 4 is 5.91 Å². The molecular weight excluding hydrogens is 218 g/mol. The van der Waals surface area contributed by atoms with Gasteiger partial charge < -0.3 is 5.73 Å². The van der Waals surface area contributed by atoms with Gasteiger partial charge in [-0.1, -0.05) is 12.1 Å². The van der Waals surface area contributed by atoms with Gasteiger partial charge in [0.1, 0.15) is 0 Å². The van der Waals surface area contributed by atoms with E-state index in [1.807, 2.05) is 6.07 Å². The lowest BCUT2D eigenvalue weighted by Crippen LogP contribution is -2.22. The molecule has 1 aromatic carbocycles. The van der Waals surface area contributed by atoms with Gasteiger partial charge in [-0.05, 0) is 23.8 Å². The molecule has 86 valence electrons. The lowest BCUT2D eigenvalue weighted by Gasteiger charge is -2.05. The van der Waals surface area contributed by atoms with Crippen molar-refractivity contribution in [2.45, 2.75) is 6.54 Å². The maximum Gasteiger partial charge on any atom is 0.347 e. The van der Waals surface area contributed by atoms with Crippen LogP contribution in [-0.4, -0.2) is 15.5 Å². The predicted octanol–water partition coefficient (Wildman–Crippen LogP) is 0.391. The van der Waals surface area contributed by atoms with E-state index in [0.29, 0.717) is 12.1 Å². The first-order valence-electron chi connectivity index (χ1n) is 5.07. The quantitative estimate of drug-likeness (QED) is 0.827. The number of hydrogen-bond donors (Lipinski definition) is 1. The van der Waals surface area contributed by atoms with Gasteiger partial charge in [-0.15, -0.1) is 0 Å². The monoisotopic (exact) mass is 229 g/mol. The molecule has 0 aliphatic heterocycles. The van der Waals surface area contributed by atoms with Gasteiger partial charge in [0.15, 0.2) is 0 Å². The minimum Gasteiger partial charge on any atom is -0.366 e. The second-order valence-electron chi connectivity index (χ2n) is 3.59. The summed E-state index contributed by atoms with van der Waals surface area (Å²) in [4.78, 5) is 26.1. The molecule has 0 saturated carbocycles. The average molecular weight is 229 g/mol. The summed E-state index contributed by atoms with van der Waals surface area (Å²) in [5.74, 6) is -0.481. The molecule has 0 saturated heterocycles. The second kappa shape index (κ2) is 4.61. The van der Waals surface area contributed by atoms with Crippen LogP contribution in [0.5, 0.6) is 0 Å². The van der Waals surface area contributed by atoms with Crippen molar-refractivity contribution in [3.8, 4) is 0 Å². The zero-order chi connectivity index (χ0) is 12.3. The summed E-state index contributed by atoms with van der Waals surface area (Å²) in [7, 11) is 0. The number of aromatic nitrogens is 2. The summed E-state index contributed by atoms with van der Waals surface area (Å²) in [5.41, 5.74) is 6.12. The highest BCUT2D eigenvalue weighted by Crippen LogP contribution is 2.05. The third kappa shape index (κ3) is 2.57. The number of nitrogens with zero attached hydrogens (tertiary/aromatic N) is 2. The fourth-order valence-corrected chi connectivity index (χ4v) is 1.53. The zero-order valence-electron chi connectivity index (χ0n) is 9.04. The lowest BCUT2D eigenvalue weighted by atomic mass is 10.1. The molecule has 2 rings (SSSR count). The second-order valence-corrected chi connectivity index (χ2v) is 3.59. The molecular formula is C12H11N3O2. The van der Waals surface area contributed by atoms with Gasteiger partial charge in [0.05, 0.1) is 6.54 Å². The van der Waals surface area contributed by atoms with E-state index >= 15 is 0 Å². The summed E-state index contributed by atoms with van der Waals surface area (Å²) >= 11 is 0. The van der Waals surface area contributed by atoms with E-state index in [1.165, 1.54) is 10.8 Å². The molecule has 0 atom stereocenters. The number of rotatable bonds is 3. The SMILES string of the molecule is NC(=O)c1cccc(Cn2cccnc2=O)c1. The maximum atomic E-state index is 11.4. The molecule has 17 heavy (non-hydrogen) atoms. The van der Waals surface area contributed by atoms with E-state index in [2.05, 4.69) is 4.98 Å². The summed E-state index contributed by atoms with van der Waals surface area (Å²) in [6.45, 7) is 0.369. The molecule has 0 fully saturated rings. The maximum absolute atomic E-state index is 11.4. The molecule has 0 radical (unpaired) electrons. The number of primary amides is 1. The Bertz CT molecular complexity index is 604. The largest absolute Gasteiger partial charge is 0.366 e.